The second-order valence-electron chi connectivity index (χ2n) is 36.1. The number of nitrogens with one attached hydrogen (secondary N) is 10. The molecule has 10 N–H and O–H groups in total. The molecule has 9 aliphatic rings. The van der Waals surface area contributed by atoms with Crippen LogP contribution in [0.1, 0.15) is 121 Å². The molecule has 0 bridgehead atoms. The van der Waals surface area contributed by atoms with E-state index in [1.807, 2.05) is 41.9 Å². The van der Waals surface area contributed by atoms with E-state index >= 15 is 0 Å². The quantitative estimate of drug-likeness (QED) is 0.0429. The second-order valence-corrected chi connectivity index (χ2v) is 36.1. The van der Waals surface area contributed by atoms with Crippen molar-refractivity contribution < 1.29 is 23.4 Å². The largest absolute Gasteiger partial charge is 0.421 e. The van der Waals surface area contributed by atoms with Crippen LogP contribution < -0.4 is 27.0 Å². The number of rotatable bonds is 16. The van der Waals surface area contributed by atoms with Crippen LogP contribution in [0.15, 0.2) is 114 Å². The molecule has 5 aliphatic heterocycles. The molecular weight excluding hydrogens is 1650 g/mol. The smallest absolute Gasteiger partial charge is 0.340 e. The molecule has 16 aromatic rings. The lowest BCUT2D eigenvalue weighted by molar-refractivity contribution is 0.00788. The number of anilines is 4. The Balaban J connectivity index is 0.000000102. The van der Waals surface area contributed by atoms with Crippen molar-refractivity contribution in [3.05, 3.63) is 127 Å². The van der Waals surface area contributed by atoms with Crippen LogP contribution in [0.2, 0.25) is 0 Å². The predicted molar refractivity (Wildman–Crippen MR) is 497 cm³/mol. The van der Waals surface area contributed by atoms with Crippen molar-refractivity contribution in [3.63, 3.8) is 0 Å². The summed E-state index contributed by atoms with van der Waals surface area (Å²) in [5, 5.41) is 55.1. The lowest BCUT2D eigenvalue weighted by Crippen LogP contribution is -2.46. The van der Waals surface area contributed by atoms with Crippen LogP contribution in [-0.4, -0.2) is 288 Å². The molecule has 130 heavy (non-hydrogen) atoms. The first-order chi connectivity index (χ1) is 64.1. The molecule has 37 nitrogen and oxygen atoms in total. The zero-order chi connectivity index (χ0) is 87.0. The van der Waals surface area contributed by atoms with Gasteiger partial charge in [-0.3, -0.25) is 24.6 Å². The Hall–Kier alpha value is -12.4. The number of benzene rings is 4. The van der Waals surface area contributed by atoms with Crippen LogP contribution in [0, 0.1) is 6.92 Å². The van der Waals surface area contributed by atoms with Gasteiger partial charge in [0, 0.05) is 193 Å². The summed E-state index contributed by atoms with van der Waals surface area (Å²) in [6.45, 7) is 18.2. The van der Waals surface area contributed by atoms with Crippen LogP contribution in [0.4, 0.5) is 23.3 Å². The summed E-state index contributed by atoms with van der Waals surface area (Å²) in [5.74, 6) is 8.04. The highest BCUT2D eigenvalue weighted by molar-refractivity contribution is 6.15. The van der Waals surface area contributed by atoms with Crippen LogP contribution in [0.5, 0.6) is 0 Å². The van der Waals surface area contributed by atoms with Gasteiger partial charge in [-0.15, -0.1) is 30.6 Å². The molecule has 17 heterocycles. The second kappa shape index (κ2) is 37.2. The maximum atomic E-state index is 11.5. The summed E-state index contributed by atoms with van der Waals surface area (Å²) in [7, 11) is 1.96. The fraction of sp³-hybridized carbons (Fsp3) is 0.484. The van der Waals surface area contributed by atoms with Crippen molar-refractivity contribution >= 4 is 111 Å². The summed E-state index contributed by atoms with van der Waals surface area (Å²) in [5.41, 5.74) is 11.0. The molecule has 674 valence electrons. The predicted octanol–water partition coefficient (Wildman–Crippen LogP) is 12.1. The fourth-order valence-electron chi connectivity index (χ4n) is 21.5. The Morgan fingerprint density at radius 3 is 1.09 bits per heavy atom. The third-order valence-corrected chi connectivity index (χ3v) is 28.3. The number of hydrogen-bond donors (Lipinski definition) is 10. The van der Waals surface area contributed by atoms with Gasteiger partial charge < -0.3 is 73.7 Å². The summed E-state index contributed by atoms with van der Waals surface area (Å²) < 4.78 is 31.9. The number of aromatic nitrogens is 23. The lowest BCUT2D eigenvalue weighted by Gasteiger charge is -2.39. The van der Waals surface area contributed by atoms with Gasteiger partial charge in [0.05, 0.1) is 74.4 Å². The molecule has 12 aromatic heterocycles. The molecule has 8 fully saturated rings. The molecule has 0 atom stereocenters. The number of ether oxygens (including phenoxy) is 4. The van der Waals surface area contributed by atoms with E-state index in [0.29, 0.717) is 65.9 Å². The van der Waals surface area contributed by atoms with Gasteiger partial charge in [-0.25, -0.2) is 49.8 Å². The van der Waals surface area contributed by atoms with E-state index in [4.69, 9.17) is 23.4 Å². The van der Waals surface area contributed by atoms with Crippen molar-refractivity contribution in [2.75, 3.05) is 126 Å². The number of H-pyrrole nitrogens is 6. The average Bonchev–Trinajstić information content (AvgIpc) is 1.62. The Labute approximate surface area is 748 Å². The van der Waals surface area contributed by atoms with Crippen LogP contribution in [0.25, 0.3) is 133 Å². The first-order valence-electron chi connectivity index (χ1n) is 46.7. The molecule has 4 aromatic carbocycles. The van der Waals surface area contributed by atoms with E-state index < -0.39 is 0 Å². The summed E-state index contributed by atoms with van der Waals surface area (Å²) >= 11 is 0. The minimum Gasteiger partial charge on any atom is -0.421 e. The minimum absolute atomic E-state index is 0.322. The molecule has 4 aliphatic carbocycles. The van der Waals surface area contributed by atoms with Crippen LogP contribution in [0.3, 0.4) is 0 Å². The number of morpholine rings is 4. The fourth-order valence-corrected chi connectivity index (χ4v) is 21.5. The van der Waals surface area contributed by atoms with Crippen LogP contribution in [-0.2, 0) is 39.0 Å². The molecule has 0 radical (unpaired) electrons. The topological polar surface area (TPSA) is 426 Å². The van der Waals surface area contributed by atoms with Crippen molar-refractivity contribution in [3.8, 4) is 45.6 Å². The van der Waals surface area contributed by atoms with Gasteiger partial charge in [-0.2, -0.15) is 5.10 Å². The Bertz CT molecular complexity index is 6690. The van der Waals surface area contributed by atoms with Gasteiger partial charge >= 0.3 is 5.69 Å². The first kappa shape index (κ1) is 83.3. The van der Waals surface area contributed by atoms with Gasteiger partial charge in [-0.1, -0.05) is 0 Å². The molecule has 37 heteroatoms. The normalized spacial score (nSPS) is 22.8. The van der Waals surface area contributed by atoms with Crippen molar-refractivity contribution in [2.24, 2.45) is 7.05 Å². The molecule has 4 saturated heterocycles. The molecular formula is C93H111N31O6. The monoisotopic (exact) mass is 1760 g/mol. The number of hydrogen-bond acceptors (Lipinski definition) is 29. The average molecular weight is 1760 g/mol. The third-order valence-electron chi connectivity index (χ3n) is 28.3. The Morgan fingerprint density at radius 1 is 0.377 bits per heavy atom. The first-order valence-corrected chi connectivity index (χ1v) is 46.7. The van der Waals surface area contributed by atoms with E-state index in [2.05, 4.69) is 193 Å². The number of aromatic amines is 6. The van der Waals surface area contributed by atoms with Gasteiger partial charge in [0.2, 0.25) is 11.8 Å². The number of nitrogens with zero attached hydrogens (tertiary/aromatic N) is 21. The van der Waals surface area contributed by atoms with E-state index in [-0.39, 0.29) is 5.69 Å². The zero-order valence-electron chi connectivity index (χ0n) is 73.5. The highest BCUT2D eigenvalue weighted by Gasteiger charge is 2.34. The van der Waals surface area contributed by atoms with Gasteiger partial charge in [0.1, 0.15) is 83.3 Å². The number of aryl methyl sites for hydroxylation is 3. The molecule has 0 amide bonds. The maximum absolute atomic E-state index is 11.5. The van der Waals surface area contributed by atoms with E-state index in [0.717, 1.165) is 327 Å². The van der Waals surface area contributed by atoms with Crippen molar-refractivity contribution in [1.82, 2.24) is 134 Å². The molecule has 0 unspecified atom stereocenters. The highest BCUT2D eigenvalue weighted by Crippen LogP contribution is 2.41. The molecule has 0 spiro atoms. The number of fused-ring (bicyclic) bond motifs is 13. The maximum Gasteiger partial charge on any atom is 0.340 e. The summed E-state index contributed by atoms with van der Waals surface area (Å²) in [4.78, 5) is 74.8. The summed E-state index contributed by atoms with van der Waals surface area (Å²) in [6, 6.07) is 29.2. The lowest BCUT2D eigenvalue weighted by atomic mass is 9.90. The highest BCUT2D eigenvalue weighted by atomic mass is 16.5. The zero-order valence-corrected chi connectivity index (χ0v) is 73.5. The third kappa shape index (κ3) is 17.5. The molecule has 25 rings (SSSR count). The molecule has 4 saturated carbocycles. The Morgan fingerprint density at radius 2 is 0.738 bits per heavy atom. The summed E-state index contributed by atoms with van der Waals surface area (Å²) in [6.07, 6.45) is 29.2. The SMILES string of the molecule is Cc1nnc(-c2ccc3[nH]c4ncnc(NC5CCC(N6CCOCC6)CC5)c4c3c2)o1.Cn1cnnc1-c1ccc2[nH]c3ncnc(NC4CCC(N5CCOCC5)CC4)c3c2c1.O=c1[nH]nc(-c2ccc3[nH]c4ncnc(NC5CCC(N6CCOCC6)CC5)c4c3c2)[nH]1.c1nc(NC2CCC(N3CCOCC3)CC2)c2c(n1)[nH]c1ccc(-c3nnc4n3CCC4)cc12. The van der Waals surface area contributed by atoms with E-state index in [1.165, 1.54) is 51.4 Å². The minimum atomic E-state index is -0.322. The van der Waals surface area contributed by atoms with Gasteiger partial charge in [-0.05, 0) is 182 Å². The van der Waals surface area contributed by atoms with Crippen LogP contribution >= 0.6 is 0 Å². The van der Waals surface area contributed by atoms with Gasteiger partial charge in [0.25, 0.3) is 0 Å². The standard InChI is InChI=1S/C25H30N8O.C23H28N8O.C23H27N7O2.C22H26N8O2/c1-2-21-30-31-25(33(21)9-1)16-3-8-20-19(14-16)22-23(26-15-27-24(22)29-20)28-17-4-6-18(7-5-17)32-10-12-34-13-11-32;1-30-14-26-29-23(30)15-2-7-19-18(12-15)20-21(24-13-25-22(20)28-19)27-16-3-5-17(6-4-16)31-8-10-32-11-9-31;1-14-28-29-23(32-14)15-2-7-19-18(12-15)20-21(24-13-25-22(20)27-19)26-16-3-5-17(6-4-16)30-8-10-31-11-9-30;31-22-27-19(28-29-22)13-1-6-17-16(11-13)18-20(23-12-24-21(18)26-17)25-14-2-4-15(5-3-14)30-7-9-32-10-8-30/h3,8,14-15,17-18H,1-2,4-7,9-13H2,(H2,26,27,28,29);2,7,12-14,16-17H,3-6,8-11H2,1H3,(H2,24,25,27,28);2,7,12-13,16-17H,3-6,8-11H2,1H3,(H2,24,25,26,27);1,6,11-12,14-15H,2-5,7-10H2,(H2,23,24,25,26)(H2,27,28,29,31). The Kier molecular flexibility index (Phi) is 23.9. The van der Waals surface area contributed by atoms with Crippen molar-refractivity contribution in [1.29, 1.82) is 0 Å². The van der Waals surface area contributed by atoms with Crippen molar-refractivity contribution in [2.45, 2.75) is 177 Å². The van der Waals surface area contributed by atoms with E-state index in [1.54, 1.807) is 38.6 Å². The van der Waals surface area contributed by atoms with Gasteiger partial charge in [0.15, 0.2) is 17.5 Å². The van der Waals surface area contributed by atoms with E-state index in [9.17, 15) is 4.79 Å².